The first-order chi connectivity index (χ1) is 9.79. The second kappa shape index (κ2) is 9.27. The van der Waals surface area contributed by atoms with Gasteiger partial charge in [-0.2, -0.15) is 0 Å². The fourth-order valence-electron chi connectivity index (χ4n) is 1.98. The highest BCUT2D eigenvalue weighted by molar-refractivity contribution is 5.89. The summed E-state index contributed by atoms with van der Waals surface area (Å²) in [7, 11) is 0. The van der Waals surface area contributed by atoms with Crippen LogP contribution in [0.2, 0.25) is 0 Å². The van der Waals surface area contributed by atoms with Crippen molar-refractivity contribution < 1.29 is 14.7 Å². The summed E-state index contributed by atoms with van der Waals surface area (Å²) < 4.78 is 0. The topological polar surface area (TPSA) is 118 Å². The molecule has 0 radical (unpaired) electrons. The molecule has 0 saturated heterocycles. The van der Waals surface area contributed by atoms with Crippen LogP contribution in [0, 0.1) is 5.92 Å². The molecule has 0 spiro atoms. The number of carbonyl (C=O) groups excluding carboxylic acids is 2. The maximum Gasteiger partial charge on any atom is 0.240 e. The maximum absolute atomic E-state index is 12.0. The number of hydrogen-bond donors (Lipinski definition) is 4. The van der Waals surface area contributed by atoms with Crippen LogP contribution in [0.3, 0.4) is 0 Å². The predicted molar refractivity (Wildman–Crippen MR) is 87.6 cm³/mol. The minimum Gasteiger partial charge on any atom is -0.508 e. The average molecular weight is 330 g/mol. The SMILES string of the molecule is CC(C)C[C@H](NC(=O)C(N)Cc1ccc(O)cc1)C(N)=O.Cl. The lowest BCUT2D eigenvalue weighted by Crippen LogP contribution is -2.51. The van der Waals surface area contributed by atoms with Crippen LogP contribution < -0.4 is 16.8 Å². The number of hydrogen-bond acceptors (Lipinski definition) is 4. The van der Waals surface area contributed by atoms with E-state index in [4.69, 9.17) is 11.5 Å². The van der Waals surface area contributed by atoms with Gasteiger partial charge in [0.2, 0.25) is 11.8 Å². The Morgan fingerprint density at radius 1 is 1.23 bits per heavy atom. The molecular formula is C15H24ClN3O3. The molecule has 0 aromatic heterocycles. The maximum atomic E-state index is 12.0. The number of amides is 2. The van der Waals surface area contributed by atoms with Gasteiger partial charge < -0.3 is 21.9 Å². The molecule has 0 aliphatic rings. The Labute approximate surface area is 136 Å². The van der Waals surface area contributed by atoms with E-state index in [2.05, 4.69) is 5.32 Å². The van der Waals surface area contributed by atoms with Gasteiger partial charge in [-0.05, 0) is 36.5 Å². The second-order valence-electron chi connectivity index (χ2n) is 5.57. The zero-order valence-electron chi connectivity index (χ0n) is 12.8. The molecular weight excluding hydrogens is 306 g/mol. The summed E-state index contributed by atoms with van der Waals surface area (Å²) in [5, 5.41) is 11.8. The highest BCUT2D eigenvalue weighted by atomic mass is 35.5. The number of benzene rings is 1. The van der Waals surface area contributed by atoms with Gasteiger partial charge in [-0.3, -0.25) is 9.59 Å². The van der Waals surface area contributed by atoms with Crippen molar-refractivity contribution in [1.29, 1.82) is 0 Å². The van der Waals surface area contributed by atoms with E-state index in [1.54, 1.807) is 12.1 Å². The number of rotatable bonds is 7. The molecule has 1 rings (SSSR count). The molecule has 22 heavy (non-hydrogen) atoms. The van der Waals surface area contributed by atoms with E-state index in [-0.39, 0.29) is 24.1 Å². The van der Waals surface area contributed by atoms with Crippen molar-refractivity contribution in [2.45, 2.75) is 38.8 Å². The van der Waals surface area contributed by atoms with E-state index >= 15 is 0 Å². The summed E-state index contributed by atoms with van der Waals surface area (Å²) in [6, 6.07) is 4.98. The molecule has 2 amide bonds. The molecule has 2 atom stereocenters. The summed E-state index contributed by atoms with van der Waals surface area (Å²) in [4.78, 5) is 23.3. The summed E-state index contributed by atoms with van der Waals surface area (Å²) >= 11 is 0. The van der Waals surface area contributed by atoms with Gasteiger partial charge in [0.25, 0.3) is 0 Å². The molecule has 6 nitrogen and oxygen atoms in total. The van der Waals surface area contributed by atoms with Crippen molar-refractivity contribution in [3.63, 3.8) is 0 Å². The normalized spacial score (nSPS) is 13.1. The predicted octanol–water partition coefficient (Wildman–Crippen LogP) is 0.700. The van der Waals surface area contributed by atoms with Gasteiger partial charge in [-0.25, -0.2) is 0 Å². The van der Waals surface area contributed by atoms with Gasteiger partial charge in [-0.15, -0.1) is 12.4 Å². The standard InChI is InChI=1S/C15H23N3O3.ClH/c1-9(2)7-13(14(17)20)18-15(21)12(16)8-10-3-5-11(19)6-4-10;/h3-6,9,12-13,19H,7-8,16H2,1-2H3,(H2,17,20)(H,18,21);1H/t12?,13-;/m0./s1. The fourth-order valence-corrected chi connectivity index (χ4v) is 1.98. The molecule has 0 fully saturated rings. The van der Waals surface area contributed by atoms with Crippen molar-refractivity contribution in [2.24, 2.45) is 17.4 Å². The zero-order valence-corrected chi connectivity index (χ0v) is 13.6. The van der Waals surface area contributed by atoms with Crippen LogP contribution in [-0.4, -0.2) is 29.0 Å². The lowest BCUT2D eigenvalue weighted by atomic mass is 10.0. The molecule has 124 valence electrons. The molecule has 0 saturated carbocycles. The van der Waals surface area contributed by atoms with Crippen LogP contribution in [0.5, 0.6) is 5.75 Å². The van der Waals surface area contributed by atoms with Crippen LogP contribution in [0.15, 0.2) is 24.3 Å². The third-order valence-corrected chi connectivity index (χ3v) is 3.10. The minimum absolute atomic E-state index is 0. The molecule has 1 aromatic carbocycles. The number of phenolic OH excluding ortho intramolecular Hbond substituents is 1. The summed E-state index contributed by atoms with van der Waals surface area (Å²) in [6.07, 6.45) is 0.798. The minimum atomic E-state index is -0.774. The zero-order chi connectivity index (χ0) is 16.0. The van der Waals surface area contributed by atoms with Crippen molar-refractivity contribution in [3.05, 3.63) is 29.8 Å². The number of nitrogens with one attached hydrogen (secondary N) is 1. The number of primary amides is 1. The molecule has 1 unspecified atom stereocenters. The Bertz CT molecular complexity index is 491. The largest absolute Gasteiger partial charge is 0.508 e. The van der Waals surface area contributed by atoms with Crippen LogP contribution in [0.1, 0.15) is 25.8 Å². The number of nitrogens with two attached hydrogens (primary N) is 2. The number of aromatic hydroxyl groups is 1. The third-order valence-electron chi connectivity index (χ3n) is 3.10. The van der Waals surface area contributed by atoms with Gasteiger partial charge in [-0.1, -0.05) is 26.0 Å². The van der Waals surface area contributed by atoms with Crippen LogP contribution >= 0.6 is 12.4 Å². The number of phenols is 1. The van der Waals surface area contributed by atoms with Crippen molar-refractivity contribution in [3.8, 4) is 5.75 Å². The molecule has 0 bridgehead atoms. The fraction of sp³-hybridized carbons (Fsp3) is 0.467. The van der Waals surface area contributed by atoms with Gasteiger partial charge in [0.05, 0.1) is 6.04 Å². The molecule has 7 heteroatoms. The highest BCUT2D eigenvalue weighted by Gasteiger charge is 2.22. The lowest BCUT2D eigenvalue weighted by Gasteiger charge is -2.20. The molecule has 0 aliphatic heterocycles. The Morgan fingerprint density at radius 2 is 1.77 bits per heavy atom. The third kappa shape index (κ3) is 6.78. The monoisotopic (exact) mass is 329 g/mol. The second-order valence-corrected chi connectivity index (χ2v) is 5.57. The average Bonchev–Trinajstić information content (AvgIpc) is 2.39. The van der Waals surface area contributed by atoms with Gasteiger partial charge >= 0.3 is 0 Å². The van der Waals surface area contributed by atoms with Gasteiger partial charge in [0, 0.05) is 0 Å². The first-order valence-corrected chi connectivity index (χ1v) is 6.92. The molecule has 1 aromatic rings. The highest BCUT2D eigenvalue weighted by Crippen LogP contribution is 2.11. The van der Waals surface area contributed by atoms with E-state index in [1.807, 2.05) is 13.8 Å². The van der Waals surface area contributed by atoms with Crippen LogP contribution in [0.25, 0.3) is 0 Å². The Kier molecular flexibility index (Phi) is 8.52. The quantitative estimate of drug-likeness (QED) is 0.588. The molecule has 0 heterocycles. The molecule has 6 N–H and O–H groups in total. The Balaban J connectivity index is 0.00000441. The smallest absolute Gasteiger partial charge is 0.240 e. The summed E-state index contributed by atoms with van der Waals surface area (Å²) in [5.41, 5.74) is 11.9. The summed E-state index contributed by atoms with van der Waals surface area (Å²) in [6.45, 7) is 3.89. The summed E-state index contributed by atoms with van der Waals surface area (Å²) in [5.74, 6) is -0.583. The van der Waals surface area contributed by atoms with Crippen LogP contribution in [0.4, 0.5) is 0 Å². The Morgan fingerprint density at radius 3 is 2.23 bits per heavy atom. The molecule has 0 aliphatic carbocycles. The first-order valence-electron chi connectivity index (χ1n) is 6.92. The van der Waals surface area contributed by atoms with Gasteiger partial charge in [0.1, 0.15) is 11.8 Å². The van der Waals surface area contributed by atoms with E-state index < -0.39 is 23.9 Å². The van der Waals surface area contributed by atoms with Crippen molar-refractivity contribution in [2.75, 3.05) is 0 Å². The lowest BCUT2D eigenvalue weighted by molar-refractivity contribution is -0.128. The van der Waals surface area contributed by atoms with Crippen LogP contribution in [-0.2, 0) is 16.0 Å². The number of carbonyl (C=O) groups is 2. The van der Waals surface area contributed by atoms with Crippen molar-refractivity contribution >= 4 is 24.2 Å². The Hall–Kier alpha value is -1.79. The first kappa shape index (κ1) is 20.2. The number of halogens is 1. The van der Waals surface area contributed by atoms with E-state index in [0.29, 0.717) is 12.8 Å². The van der Waals surface area contributed by atoms with Crippen molar-refractivity contribution in [1.82, 2.24) is 5.32 Å². The van der Waals surface area contributed by atoms with Gasteiger partial charge in [0.15, 0.2) is 0 Å². The van der Waals surface area contributed by atoms with E-state index in [0.717, 1.165) is 5.56 Å². The van der Waals surface area contributed by atoms with E-state index in [1.165, 1.54) is 12.1 Å². The van der Waals surface area contributed by atoms with E-state index in [9.17, 15) is 14.7 Å².